The molecule has 2 rings (SSSR count). The number of carbonyl (C=O) groups is 1. The summed E-state index contributed by atoms with van der Waals surface area (Å²) in [5.41, 5.74) is -0.232. The van der Waals surface area contributed by atoms with Crippen molar-refractivity contribution in [3.8, 4) is 11.6 Å². The van der Waals surface area contributed by atoms with Crippen LogP contribution in [0.15, 0.2) is 42.6 Å². The summed E-state index contributed by atoms with van der Waals surface area (Å²) >= 11 is 5.39. The second-order valence-electron chi connectivity index (χ2n) is 4.06. The molecule has 0 bridgehead atoms. The van der Waals surface area contributed by atoms with Crippen molar-refractivity contribution >= 4 is 16.8 Å². The molecule has 1 heterocycles. The van der Waals surface area contributed by atoms with Crippen molar-refractivity contribution in [1.82, 2.24) is 4.98 Å². The molecule has 0 atom stereocenters. The van der Waals surface area contributed by atoms with Crippen LogP contribution in [0.4, 0.5) is 13.2 Å². The fraction of sp³-hybridized carbons (Fsp3) is 0.143. The van der Waals surface area contributed by atoms with E-state index in [0.29, 0.717) is 0 Å². The highest BCUT2D eigenvalue weighted by atomic mass is 35.5. The number of nitrogens with zero attached hydrogens (tertiary/aromatic N) is 1. The minimum atomic E-state index is -4.90. The van der Waals surface area contributed by atoms with Gasteiger partial charge in [0.2, 0.25) is 5.88 Å². The molecule has 22 heavy (non-hydrogen) atoms. The Morgan fingerprint density at radius 3 is 2.55 bits per heavy atom. The van der Waals surface area contributed by atoms with Crippen LogP contribution in [0.25, 0.3) is 0 Å². The first-order valence-electron chi connectivity index (χ1n) is 5.98. The predicted octanol–water partition coefficient (Wildman–Crippen LogP) is 3.94. The highest BCUT2D eigenvalue weighted by Crippen LogP contribution is 2.30. The van der Waals surface area contributed by atoms with E-state index in [4.69, 9.17) is 16.3 Å². The molecule has 8 heteroatoms. The van der Waals surface area contributed by atoms with E-state index in [9.17, 15) is 18.0 Å². The van der Waals surface area contributed by atoms with E-state index in [0.717, 1.165) is 6.07 Å². The van der Waals surface area contributed by atoms with Crippen LogP contribution in [0.2, 0.25) is 0 Å². The van der Waals surface area contributed by atoms with Crippen molar-refractivity contribution in [1.29, 1.82) is 0 Å². The van der Waals surface area contributed by atoms with Gasteiger partial charge in [-0.25, -0.2) is 4.98 Å². The Balaban J connectivity index is 2.31. The summed E-state index contributed by atoms with van der Waals surface area (Å²) in [4.78, 5) is 15.2. The van der Waals surface area contributed by atoms with E-state index < -0.39 is 17.4 Å². The highest BCUT2D eigenvalue weighted by molar-refractivity contribution is 6.68. The van der Waals surface area contributed by atoms with Gasteiger partial charge < -0.3 is 9.47 Å². The second kappa shape index (κ2) is 6.65. The third-order valence-electron chi connectivity index (χ3n) is 2.57. The molecule has 1 aromatic heterocycles. The van der Waals surface area contributed by atoms with Crippen LogP contribution in [-0.4, -0.2) is 16.6 Å². The van der Waals surface area contributed by atoms with Gasteiger partial charge in [0.15, 0.2) is 0 Å². The molecule has 116 valence electrons. The van der Waals surface area contributed by atoms with E-state index in [1.807, 2.05) is 0 Å². The van der Waals surface area contributed by atoms with Crippen LogP contribution in [0.5, 0.6) is 11.6 Å². The zero-order chi connectivity index (χ0) is 16.2. The van der Waals surface area contributed by atoms with Crippen LogP contribution >= 0.6 is 11.6 Å². The summed E-state index contributed by atoms with van der Waals surface area (Å²) in [6.07, 6.45) is -3.44. The van der Waals surface area contributed by atoms with Crippen molar-refractivity contribution in [3.05, 3.63) is 53.7 Å². The smallest absolute Gasteiger partial charge is 0.473 e. The summed E-state index contributed by atoms with van der Waals surface area (Å²) in [6, 6.07) is 8.43. The Labute approximate surface area is 128 Å². The van der Waals surface area contributed by atoms with Gasteiger partial charge in [-0.05, 0) is 29.8 Å². The summed E-state index contributed by atoms with van der Waals surface area (Å²) in [7, 11) is 0. The van der Waals surface area contributed by atoms with E-state index in [-0.39, 0.29) is 23.6 Å². The fourth-order valence-electron chi connectivity index (χ4n) is 1.70. The molecule has 0 saturated heterocycles. The molecule has 4 nitrogen and oxygen atoms in total. The van der Waals surface area contributed by atoms with E-state index in [2.05, 4.69) is 9.72 Å². The molecule has 0 fully saturated rings. The molecule has 0 amide bonds. The lowest BCUT2D eigenvalue weighted by Crippen LogP contribution is -2.19. The topological polar surface area (TPSA) is 48.4 Å². The summed E-state index contributed by atoms with van der Waals surface area (Å²) < 4.78 is 46.4. The first-order chi connectivity index (χ1) is 10.4. The Morgan fingerprint density at radius 2 is 1.95 bits per heavy atom. The van der Waals surface area contributed by atoms with Crippen LogP contribution in [0.1, 0.15) is 15.9 Å². The third kappa shape index (κ3) is 4.36. The lowest BCUT2D eigenvalue weighted by atomic mass is 10.1. The Morgan fingerprint density at radius 1 is 1.18 bits per heavy atom. The molecule has 0 aliphatic rings. The first-order valence-corrected chi connectivity index (χ1v) is 6.36. The Bertz CT molecular complexity index is 662. The van der Waals surface area contributed by atoms with Gasteiger partial charge in [0.1, 0.15) is 12.4 Å². The second-order valence-corrected chi connectivity index (χ2v) is 4.40. The monoisotopic (exact) mass is 331 g/mol. The molecule has 2 aromatic rings. The maximum absolute atomic E-state index is 12.4. The van der Waals surface area contributed by atoms with Crippen molar-refractivity contribution in [2.45, 2.75) is 13.0 Å². The van der Waals surface area contributed by atoms with Crippen LogP contribution in [0, 0.1) is 0 Å². The zero-order valence-corrected chi connectivity index (χ0v) is 11.7. The molecule has 0 radical (unpaired) electrons. The van der Waals surface area contributed by atoms with Gasteiger partial charge >= 0.3 is 6.36 Å². The number of rotatable bonds is 5. The lowest BCUT2D eigenvalue weighted by molar-refractivity contribution is -0.275. The van der Waals surface area contributed by atoms with Crippen molar-refractivity contribution in [3.63, 3.8) is 0 Å². The van der Waals surface area contributed by atoms with Gasteiger partial charge in [-0.1, -0.05) is 12.1 Å². The van der Waals surface area contributed by atoms with Crippen molar-refractivity contribution in [2.24, 2.45) is 0 Å². The number of alkyl halides is 3. The van der Waals surface area contributed by atoms with Gasteiger partial charge in [-0.2, -0.15) is 0 Å². The number of carbonyl (C=O) groups excluding carboxylic acids is 1. The van der Waals surface area contributed by atoms with Gasteiger partial charge in [0.05, 0.1) is 0 Å². The van der Waals surface area contributed by atoms with E-state index >= 15 is 0 Å². The van der Waals surface area contributed by atoms with E-state index in [1.165, 1.54) is 24.4 Å². The average molecular weight is 332 g/mol. The zero-order valence-electron chi connectivity index (χ0n) is 10.9. The molecule has 0 aliphatic heterocycles. The molecule has 0 N–H and O–H groups in total. The number of ether oxygens (including phenoxy) is 2. The van der Waals surface area contributed by atoms with Gasteiger partial charge in [0, 0.05) is 23.4 Å². The third-order valence-corrected chi connectivity index (χ3v) is 2.78. The first kappa shape index (κ1) is 16.1. The maximum Gasteiger partial charge on any atom is 0.573 e. The minimum absolute atomic E-state index is 0.106. The molecule has 0 saturated carbocycles. The van der Waals surface area contributed by atoms with Crippen LogP contribution < -0.4 is 9.47 Å². The van der Waals surface area contributed by atoms with Crippen LogP contribution in [0.3, 0.4) is 0 Å². The van der Waals surface area contributed by atoms with Gasteiger partial charge in [-0.3, -0.25) is 4.79 Å². The van der Waals surface area contributed by atoms with Gasteiger partial charge in [-0.15, -0.1) is 13.2 Å². The number of pyridine rings is 1. The summed E-state index contributed by atoms with van der Waals surface area (Å²) in [5, 5.41) is -0.910. The standard InChI is InChI=1S/C14H9ClF3NO3/c15-13(20)9-4-3-5-11(22-14(16,17)18)10(9)8-21-12-6-1-2-7-19-12/h1-7H,8H2. The lowest BCUT2D eigenvalue weighted by Gasteiger charge is -2.15. The maximum atomic E-state index is 12.4. The molecule has 0 spiro atoms. The molecular weight excluding hydrogens is 323 g/mol. The number of halogens is 4. The number of hydrogen-bond acceptors (Lipinski definition) is 4. The predicted molar refractivity (Wildman–Crippen MR) is 71.9 cm³/mol. The largest absolute Gasteiger partial charge is 0.573 e. The summed E-state index contributed by atoms with van der Waals surface area (Å²) in [6.45, 7) is -0.350. The Hall–Kier alpha value is -2.28. The molecule has 0 unspecified atom stereocenters. The van der Waals surface area contributed by atoms with Crippen LogP contribution in [-0.2, 0) is 6.61 Å². The molecular formula is C14H9ClF3NO3. The van der Waals surface area contributed by atoms with Crippen molar-refractivity contribution < 1.29 is 27.4 Å². The highest BCUT2D eigenvalue weighted by Gasteiger charge is 2.33. The Kier molecular flexibility index (Phi) is 4.87. The number of benzene rings is 1. The molecule has 1 aromatic carbocycles. The van der Waals surface area contributed by atoms with Crippen molar-refractivity contribution in [2.75, 3.05) is 0 Å². The SMILES string of the molecule is O=C(Cl)c1cccc(OC(F)(F)F)c1COc1ccccn1. The normalized spacial score (nSPS) is 11.1. The average Bonchev–Trinajstić information content (AvgIpc) is 2.45. The summed E-state index contributed by atoms with van der Waals surface area (Å²) in [5.74, 6) is -0.354. The molecule has 0 aliphatic carbocycles. The number of aromatic nitrogens is 1. The fourth-order valence-corrected chi connectivity index (χ4v) is 1.87. The van der Waals surface area contributed by atoms with E-state index in [1.54, 1.807) is 12.1 Å². The quantitative estimate of drug-likeness (QED) is 0.779. The number of hydrogen-bond donors (Lipinski definition) is 0. The minimum Gasteiger partial charge on any atom is -0.473 e. The van der Waals surface area contributed by atoms with Gasteiger partial charge in [0.25, 0.3) is 5.24 Å².